The van der Waals surface area contributed by atoms with Crippen molar-refractivity contribution in [3.8, 4) is 11.5 Å². The van der Waals surface area contributed by atoms with Crippen molar-refractivity contribution in [2.45, 2.75) is 52.4 Å². The summed E-state index contributed by atoms with van der Waals surface area (Å²) in [6, 6.07) is 13.9. The van der Waals surface area contributed by atoms with Crippen LogP contribution in [0.25, 0.3) is 0 Å². The van der Waals surface area contributed by atoms with Crippen LogP contribution in [-0.4, -0.2) is 41.6 Å². The van der Waals surface area contributed by atoms with Gasteiger partial charge in [0.25, 0.3) is 5.91 Å². The number of benzene rings is 2. The predicted octanol–water partition coefficient (Wildman–Crippen LogP) is 4.41. The number of hydrogen-bond donors (Lipinski definition) is 0. The lowest BCUT2D eigenvalue weighted by Gasteiger charge is -2.28. The molecule has 0 N–H and O–H groups in total. The number of carbonyl (C=O) groups excluding carboxylic acids is 3. The van der Waals surface area contributed by atoms with Crippen LogP contribution in [0.2, 0.25) is 0 Å². The third kappa shape index (κ3) is 6.37. The van der Waals surface area contributed by atoms with Crippen LogP contribution < -0.4 is 9.47 Å². The molecule has 0 saturated carbocycles. The minimum atomic E-state index is -0.755. The number of nitrogens with zero attached hydrogens (tertiary/aromatic N) is 1. The molecule has 1 heterocycles. The summed E-state index contributed by atoms with van der Waals surface area (Å²) in [6.45, 7) is 6.62. The molecule has 2 aromatic rings. The lowest BCUT2D eigenvalue weighted by molar-refractivity contribution is -0.132. The van der Waals surface area contributed by atoms with Gasteiger partial charge in [-0.1, -0.05) is 36.4 Å². The highest BCUT2D eigenvalue weighted by Crippen LogP contribution is 2.31. The Balaban J connectivity index is 1.82. The maximum Gasteiger partial charge on any atom is 0.418 e. The molecule has 0 saturated heterocycles. The van der Waals surface area contributed by atoms with Crippen molar-refractivity contribution in [3.63, 3.8) is 0 Å². The molecular formula is C26H29NO7. The van der Waals surface area contributed by atoms with E-state index in [0.29, 0.717) is 23.5 Å². The molecule has 0 bridgehead atoms. The number of rotatable bonds is 7. The van der Waals surface area contributed by atoms with Gasteiger partial charge in [-0.25, -0.2) is 9.69 Å². The zero-order valence-corrected chi connectivity index (χ0v) is 20.0. The molecule has 0 aliphatic carbocycles. The van der Waals surface area contributed by atoms with Crippen LogP contribution in [0.5, 0.6) is 11.5 Å². The van der Waals surface area contributed by atoms with Crippen molar-refractivity contribution in [1.29, 1.82) is 0 Å². The molecule has 1 atom stereocenters. The summed E-state index contributed by atoms with van der Waals surface area (Å²) in [5.41, 5.74) is 0.875. The SMILES string of the molecule is COc1ccc(COC2=CC(=O)N(C(=O)OC(C)(C)C)C2Cc2ccccc2)cc1OC(C)=O. The molecule has 8 heteroatoms. The molecule has 2 aromatic carbocycles. The fraction of sp³-hybridized carbons (Fsp3) is 0.346. The summed E-state index contributed by atoms with van der Waals surface area (Å²) in [6.07, 6.45) is 0.961. The molecule has 0 fully saturated rings. The van der Waals surface area contributed by atoms with E-state index in [0.717, 1.165) is 10.5 Å². The van der Waals surface area contributed by atoms with Crippen molar-refractivity contribution in [2.24, 2.45) is 0 Å². The Kier molecular flexibility index (Phi) is 7.61. The van der Waals surface area contributed by atoms with Crippen molar-refractivity contribution in [1.82, 2.24) is 4.90 Å². The van der Waals surface area contributed by atoms with Crippen LogP contribution >= 0.6 is 0 Å². The largest absolute Gasteiger partial charge is 0.493 e. The maximum atomic E-state index is 12.8. The highest BCUT2D eigenvalue weighted by molar-refractivity contribution is 6.02. The van der Waals surface area contributed by atoms with Gasteiger partial charge in [0.15, 0.2) is 11.5 Å². The third-order valence-corrected chi connectivity index (χ3v) is 4.89. The summed E-state index contributed by atoms with van der Waals surface area (Å²) < 4.78 is 21.9. The molecule has 0 spiro atoms. The molecule has 1 aliphatic rings. The van der Waals surface area contributed by atoms with Gasteiger partial charge in [-0.15, -0.1) is 0 Å². The Morgan fingerprint density at radius 2 is 1.71 bits per heavy atom. The standard InChI is InChI=1S/C26H29NO7/c1-17(28)33-23-14-19(11-12-21(23)31-5)16-32-22-15-24(29)27(25(30)34-26(2,3)4)20(22)13-18-9-7-6-8-10-18/h6-12,14-15,20H,13,16H2,1-5H3. The fourth-order valence-corrected chi connectivity index (χ4v) is 3.48. The molecule has 1 aliphatic heterocycles. The average molecular weight is 468 g/mol. The van der Waals surface area contributed by atoms with Crippen LogP contribution in [0.1, 0.15) is 38.8 Å². The van der Waals surface area contributed by atoms with Crippen molar-refractivity contribution < 1.29 is 33.3 Å². The topological polar surface area (TPSA) is 91.4 Å². The number of amides is 2. The van der Waals surface area contributed by atoms with Crippen LogP contribution in [0.3, 0.4) is 0 Å². The first-order valence-electron chi connectivity index (χ1n) is 10.9. The first-order valence-corrected chi connectivity index (χ1v) is 10.9. The van der Waals surface area contributed by atoms with Gasteiger partial charge < -0.3 is 18.9 Å². The molecule has 0 aromatic heterocycles. The minimum Gasteiger partial charge on any atom is -0.493 e. The Hall–Kier alpha value is -3.81. The van der Waals surface area contributed by atoms with E-state index >= 15 is 0 Å². The number of ether oxygens (including phenoxy) is 4. The van der Waals surface area contributed by atoms with E-state index in [-0.39, 0.29) is 12.4 Å². The highest BCUT2D eigenvalue weighted by Gasteiger charge is 2.41. The van der Waals surface area contributed by atoms with Gasteiger partial charge in [-0.2, -0.15) is 0 Å². The number of methoxy groups -OCH3 is 1. The highest BCUT2D eigenvalue weighted by atomic mass is 16.6. The van der Waals surface area contributed by atoms with Crippen LogP contribution in [-0.2, 0) is 32.1 Å². The van der Waals surface area contributed by atoms with Gasteiger partial charge in [-0.3, -0.25) is 9.59 Å². The van der Waals surface area contributed by atoms with E-state index in [1.807, 2.05) is 30.3 Å². The second kappa shape index (κ2) is 10.4. The summed E-state index contributed by atoms with van der Waals surface area (Å²) in [7, 11) is 1.48. The molecule has 0 radical (unpaired) electrons. The number of esters is 1. The fourth-order valence-electron chi connectivity index (χ4n) is 3.48. The third-order valence-electron chi connectivity index (χ3n) is 4.89. The first-order chi connectivity index (χ1) is 16.1. The normalized spacial score (nSPS) is 15.6. The second-order valence-electron chi connectivity index (χ2n) is 8.81. The van der Waals surface area contributed by atoms with Gasteiger partial charge in [0.2, 0.25) is 0 Å². The van der Waals surface area contributed by atoms with E-state index < -0.39 is 29.6 Å². The van der Waals surface area contributed by atoms with E-state index in [1.54, 1.807) is 39.0 Å². The summed E-state index contributed by atoms with van der Waals surface area (Å²) >= 11 is 0. The van der Waals surface area contributed by atoms with Gasteiger partial charge in [0, 0.05) is 19.4 Å². The summed E-state index contributed by atoms with van der Waals surface area (Å²) in [5, 5.41) is 0. The summed E-state index contributed by atoms with van der Waals surface area (Å²) in [4.78, 5) is 38.1. The molecule has 3 rings (SSSR count). The maximum absolute atomic E-state index is 12.8. The lowest BCUT2D eigenvalue weighted by Crippen LogP contribution is -2.44. The molecule has 2 amide bonds. The summed E-state index contributed by atoms with van der Waals surface area (Å²) in [5.74, 6) is 0.0533. The molecule has 8 nitrogen and oxygen atoms in total. The van der Waals surface area contributed by atoms with Crippen molar-refractivity contribution >= 4 is 18.0 Å². The Morgan fingerprint density at radius 3 is 2.32 bits per heavy atom. The quantitative estimate of drug-likeness (QED) is 0.440. The monoisotopic (exact) mass is 467 g/mol. The van der Waals surface area contributed by atoms with Crippen LogP contribution in [0, 0.1) is 0 Å². The van der Waals surface area contributed by atoms with Crippen LogP contribution in [0.15, 0.2) is 60.4 Å². The molecule has 180 valence electrons. The van der Waals surface area contributed by atoms with E-state index in [2.05, 4.69) is 0 Å². The second-order valence-corrected chi connectivity index (χ2v) is 8.81. The van der Waals surface area contributed by atoms with E-state index in [1.165, 1.54) is 20.1 Å². The zero-order valence-electron chi connectivity index (χ0n) is 20.0. The molecule has 1 unspecified atom stereocenters. The van der Waals surface area contributed by atoms with Crippen LogP contribution in [0.4, 0.5) is 4.79 Å². The number of carbonyl (C=O) groups is 3. The van der Waals surface area contributed by atoms with E-state index in [4.69, 9.17) is 18.9 Å². The first kappa shape index (κ1) is 24.8. The average Bonchev–Trinajstić information content (AvgIpc) is 3.06. The Morgan fingerprint density at radius 1 is 1.00 bits per heavy atom. The number of imide groups is 1. The smallest absolute Gasteiger partial charge is 0.418 e. The number of hydrogen-bond acceptors (Lipinski definition) is 7. The van der Waals surface area contributed by atoms with Gasteiger partial charge >= 0.3 is 12.1 Å². The minimum absolute atomic E-state index is 0.0881. The molecule has 34 heavy (non-hydrogen) atoms. The van der Waals surface area contributed by atoms with Gasteiger partial charge in [-0.05, 0) is 44.0 Å². The Labute approximate surface area is 199 Å². The van der Waals surface area contributed by atoms with Crippen molar-refractivity contribution in [3.05, 3.63) is 71.5 Å². The van der Waals surface area contributed by atoms with Crippen molar-refractivity contribution in [2.75, 3.05) is 7.11 Å². The zero-order chi connectivity index (χ0) is 24.9. The molecular weight excluding hydrogens is 438 g/mol. The van der Waals surface area contributed by atoms with Gasteiger partial charge in [0.1, 0.15) is 24.0 Å². The Bertz CT molecular complexity index is 1090. The lowest BCUT2D eigenvalue weighted by atomic mass is 10.0. The van der Waals surface area contributed by atoms with Gasteiger partial charge in [0.05, 0.1) is 7.11 Å². The van der Waals surface area contributed by atoms with E-state index in [9.17, 15) is 14.4 Å². The predicted molar refractivity (Wildman–Crippen MR) is 124 cm³/mol.